The van der Waals surface area contributed by atoms with E-state index in [0.29, 0.717) is 12.0 Å². The predicted molar refractivity (Wildman–Crippen MR) is 64.4 cm³/mol. The third-order valence-electron chi connectivity index (χ3n) is 3.10. The lowest BCUT2D eigenvalue weighted by atomic mass is 10.1. The number of nitrogens with one attached hydrogen (secondary N) is 2. The van der Waals surface area contributed by atoms with Crippen LogP contribution in [0.1, 0.15) is 18.2 Å². The van der Waals surface area contributed by atoms with Gasteiger partial charge in [-0.05, 0) is 13.3 Å². The van der Waals surface area contributed by atoms with Crippen molar-refractivity contribution >= 4 is 0 Å². The third kappa shape index (κ3) is 2.56. The summed E-state index contributed by atoms with van der Waals surface area (Å²) < 4.78 is 6.74. The molecule has 1 fully saturated rings. The van der Waals surface area contributed by atoms with Crippen LogP contribution in [0.2, 0.25) is 0 Å². The molecule has 19 heavy (non-hydrogen) atoms. The summed E-state index contributed by atoms with van der Waals surface area (Å²) >= 11 is 0. The standard InChI is InChI=1S/C10H14N5O4/c1-5-3-15(10(18)12-9(5)17)8-2-6(13-14-11)7(4-16)19-8/h3,6-8,16H,2,4H2,1H3,(H2-,11,12,13,17,18)/q-1/t6-,7+,8+/m0/s1. The molecule has 104 valence electrons. The number of rotatable bonds is 4. The average molecular weight is 268 g/mol. The summed E-state index contributed by atoms with van der Waals surface area (Å²) in [4.78, 5) is 25.2. The number of aliphatic hydroxyl groups is 1. The Kier molecular flexibility index (Phi) is 3.76. The molecule has 3 atom stereocenters. The molecule has 2 heterocycles. The molecular weight excluding hydrogens is 254 g/mol. The van der Waals surface area contributed by atoms with Crippen LogP contribution in [0, 0.1) is 6.92 Å². The lowest BCUT2D eigenvalue weighted by Crippen LogP contribution is -2.34. The van der Waals surface area contributed by atoms with Crippen molar-refractivity contribution in [1.82, 2.24) is 15.0 Å². The van der Waals surface area contributed by atoms with Crippen LogP contribution in [0.15, 0.2) is 21.0 Å². The molecular formula is C10H14N5O4-. The minimum atomic E-state index is -0.639. The Labute approximate surface area is 107 Å². The SMILES string of the molecule is Cc1cn([C@H]2C[C@H](NN=[N-])[C@@H](CO)O2)c(=O)[nH]c1=O. The van der Waals surface area contributed by atoms with Crippen LogP contribution in [0.3, 0.4) is 0 Å². The normalized spacial score (nSPS) is 26.3. The first-order chi connectivity index (χ1) is 9.06. The summed E-state index contributed by atoms with van der Waals surface area (Å²) in [5.41, 5.74) is 10.2. The highest BCUT2D eigenvalue weighted by Gasteiger charge is 2.33. The van der Waals surface area contributed by atoms with E-state index in [9.17, 15) is 9.59 Å². The van der Waals surface area contributed by atoms with Crippen molar-refractivity contribution in [2.45, 2.75) is 31.7 Å². The Morgan fingerprint density at radius 1 is 1.68 bits per heavy atom. The molecule has 9 heteroatoms. The van der Waals surface area contributed by atoms with E-state index < -0.39 is 29.6 Å². The zero-order valence-electron chi connectivity index (χ0n) is 10.2. The van der Waals surface area contributed by atoms with Crippen LogP contribution in [0.4, 0.5) is 0 Å². The molecule has 2 rings (SSSR count). The maximum absolute atomic E-state index is 11.7. The van der Waals surface area contributed by atoms with E-state index >= 15 is 0 Å². The Bertz CT molecular complexity index is 580. The van der Waals surface area contributed by atoms with Gasteiger partial charge in [-0.2, -0.15) is 0 Å². The molecule has 1 aliphatic heterocycles. The summed E-state index contributed by atoms with van der Waals surface area (Å²) in [6, 6.07) is -0.417. The van der Waals surface area contributed by atoms with Gasteiger partial charge in [0.05, 0.1) is 12.7 Å². The van der Waals surface area contributed by atoms with Gasteiger partial charge >= 0.3 is 5.69 Å². The van der Waals surface area contributed by atoms with E-state index in [1.165, 1.54) is 10.8 Å². The second kappa shape index (κ2) is 5.33. The zero-order chi connectivity index (χ0) is 14.0. The summed E-state index contributed by atoms with van der Waals surface area (Å²) in [7, 11) is 0. The van der Waals surface area contributed by atoms with E-state index in [2.05, 4.69) is 15.6 Å². The molecule has 0 spiro atoms. The average Bonchev–Trinajstić information content (AvgIpc) is 2.77. The number of hydrogen-bond donors (Lipinski definition) is 3. The number of aromatic amines is 1. The Morgan fingerprint density at radius 2 is 2.42 bits per heavy atom. The van der Waals surface area contributed by atoms with Crippen molar-refractivity contribution < 1.29 is 9.84 Å². The highest BCUT2D eigenvalue weighted by Crippen LogP contribution is 2.27. The van der Waals surface area contributed by atoms with Crippen molar-refractivity contribution in [3.8, 4) is 0 Å². The van der Waals surface area contributed by atoms with Gasteiger partial charge < -0.3 is 20.8 Å². The molecule has 0 bridgehead atoms. The Hall–Kier alpha value is -2.00. The summed E-state index contributed by atoms with van der Waals surface area (Å²) in [5.74, 6) is 0. The quantitative estimate of drug-likeness (QED) is 0.477. The minimum absolute atomic E-state index is 0.277. The van der Waals surface area contributed by atoms with E-state index in [-0.39, 0.29) is 6.61 Å². The van der Waals surface area contributed by atoms with Gasteiger partial charge in [-0.25, -0.2) is 4.79 Å². The lowest BCUT2D eigenvalue weighted by Gasteiger charge is -2.19. The fraction of sp³-hybridized carbons (Fsp3) is 0.600. The molecule has 0 amide bonds. The van der Waals surface area contributed by atoms with Crippen molar-refractivity contribution in [3.05, 3.63) is 38.1 Å². The van der Waals surface area contributed by atoms with Gasteiger partial charge in [-0.1, -0.05) is 0 Å². The first-order valence-corrected chi connectivity index (χ1v) is 5.74. The molecule has 3 N–H and O–H groups in total. The molecule has 1 aromatic rings. The van der Waals surface area contributed by atoms with Crippen LogP contribution in [0.25, 0.3) is 5.53 Å². The van der Waals surface area contributed by atoms with Crippen LogP contribution >= 0.6 is 0 Å². The smallest absolute Gasteiger partial charge is 0.330 e. The minimum Gasteiger partial charge on any atom is -0.408 e. The van der Waals surface area contributed by atoms with Crippen LogP contribution in [0.5, 0.6) is 0 Å². The second-order valence-corrected chi connectivity index (χ2v) is 4.36. The fourth-order valence-corrected chi connectivity index (χ4v) is 2.08. The van der Waals surface area contributed by atoms with Crippen LogP contribution in [-0.2, 0) is 4.74 Å². The fourth-order valence-electron chi connectivity index (χ4n) is 2.08. The van der Waals surface area contributed by atoms with Crippen molar-refractivity contribution in [1.29, 1.82) is 0 Å². The summed E-state index contributed by atoms with van der Waals surface area (Å²) in [5, 5.41) is 12.0. The molecule has 1 aromatic heterocycles. The lowest BCUT2D eigenvalue weighted by molar-refractivity contribution is -0.0290. The van der Waals surface area contributed by atoms with Crippen molar-refractivity contribution in [3.63, 3.8) is 0 Å². The zero-order valence-corrected chi connectivity index (χ0v) is 10.2. The topological polar surface area (TPSA) is 131 Å². The highest BCUT2D eigenvalue weighted by atomic mass is 16.5. The van der Waals surface area contributed by atoms with Crippen molar-refractivity contribution in [2.75, 3.05) is 6.61 Å². The van der Waals surface area contributed by atoms with Gasteiger partial charge in [0, 0.05) is 17.8 Å². The summed E-state index contributed by atoms with van der Waals surface area (Å²) in [6.45, 7) is 1.30. The largest absolute Gasteiger partial charge is 0.408 e. The molecule has 0 saturated carbocycles. The number of hydrogen-bond acceptors (Lipinski definition) is 5. The Balaban J connectivity index is 2.29. The van der Waals surface area contributed by atoms with Crippen LogP contribution in [-0.4, -0.2) is 33.4 Å². The maximum atomic E-state index is 11.7. The first-order valence-electron chi connectivity index (χ1n) is 5.74. The summed E-state index contributed by atoms with van der Waals surface area (Å²) in [6.07, 6.45) is 0.485. The molecule has 9 nitrogen and oxygen atoms in total. The molecule has 1 aliphatic rings. The molecule has 1 saturated heterocycles. The van der Waals surface area contributed by atoms with E-state index in [1.807, 2.05) is 0 Å². The number of nitrogens with zero attached hydrogens (tertiary/aromatic N) is 3. The van der Waals surface area contributed by atoms with Gasteiger partial charge in [0.25, 0.3) is 5.56 Å². The highest BCUT2D eigenvalue weighted by molar-refractivity contribution is 5.02. The van der Waals surface area contributed by atoms with E-state index in [4.69, 9.17) is 15.4 Å². The van der Waals surface area contributed by atoms with Gasteiger partial charge in [-0.3, -0.25) is 19.6 Å². The van der Waals surface area contributed by atoms with E-state index in [0.717, 1.165) is 0 Å². The molecule has 0 radical (unpaired) electrons. The Morgan fingerprint density at radius 3 is 3.05 bits per heavy atom. The van der Waals surface area contributed by atoms with Crippen molar-refractivity contribution in [2.24, 2.45) is 5.22 Å². The van der Waals surface area contributed by atoms with E-state index in [1.54, 1.807) is 6.92 Å². The van der Waals surface area contributed by atoms with Gasteiger partial charge in [0.1, 0.15) is 6.23 Å². The maximum Gasteiger partial charge on any atom is 0.330 e. The number of aliphatic hydroxyl groups excluding tert-OH is 1. The van der Waals surface area contributed by atoms with Gasteiger partial charge in [-0.15, -0.1) is 0 Å². The van der Waals surface area contributed by atoms with Gasteiger partial charge in [0.15, 0.2) is 0 Å². The molecule has 0 aromatic carbocycles. The number of ether oxygens (including phenoxy) is 1. The second-order valence-electron chi connectivity index (χ2n) is 4.36. The monoisotopic (exact) mass is 268 g/mol. The first kappa shape index (κ1) is 13.4. The molecule has 0 unspecified atom stereocenters. The predicted octanol–water partition coefficient (Wildman–Crippen LogP) is -0.980. The van der Waals surface area contributed by atoms with Crippen LogP contribution < -0.4 is 16.7 Å². The number of aryl methyl sites for hydroxylation is 1. The number of H-pyrrole nitrogens is 1. The van der Waals surface area contributed by atoms with Gasteiger partial charge in [0.2, 0.25) is 0 Å². The number of aromatic nitrogens is 2. The molecule has 0 aliphatic carbocycles. The third-order valence-corrected chi connectivity index (χ3v) is 3.10.